The van der Waals surface area contributed by atoms with Gasteiger partial charge in [0.1, 0.15) is 12.0 Å². The Kier molecular flexibility index (Phi) is 3.26. The number of allylic oxidation sites excluding steroid dienone is 1. The lowest BCUT2D eigenvalue weighted by Crippen LogP contribution is -1.83. The van der Waals surface area contributed by atoms with E-state index < -0.39 is 0 Å². The number of hydrogen-bond acceptors (Lipinski definition) is 2. The standard InChI is InChI=1S/C11H12O2/c1-9(8-12)6-10-4-3-5-11(7-10)13-2/h3-8H,1-2H3/b9-6+. The molecule has 0 aromatic heterocycles. The Bertz CT molecular complexity index is 327. The number of benzene rings is 1. The van der Waals surface area contributed by atoms with Gasteiger partial charge in [-0.1, -0.05) is 12.1 Å². The van der Waals surface area contributed by atoms with Crippen molar-refractivity contribution < 1.29 is 9.53 Å². The summed E-state index contributed by atoms with van der Waals surface area (Å²) < 4.78 is 5.05. The van der Waals surface area contributed by atoms with Crippen LogP contribution in [0, 0.1) is 0 Å². The summed E-state index contributed by atoms with van der Waals surface area (Å²) >= 11 is 0. The fourth-order valence-corrected chi connectivity index (χ4v) is 1.03. The number of ether oxygens (including phenoxy) is 1. The van der Waals surface area contributed by atoms with Crippen molar-refractivity contribution in [3.8, 4) is 5.75 Å². The topological polar surface area (TPSA) is 26.3 Å². The number of hydrogen-bond donors (Lipinski definition) is 0. The van der Waals surface area contributed by atoms with E-state index in [0.29, 0.717) is 5.57 Å². The van der Waals surface area contributed by atoms with Gasteiger partial charge in [-0.3, -0.25) is 4.79 Å². The molecule has 0 radical (unpaired) electrons. The van der Waals surface area contributed by atoms with Crippen LogP contribution in [0.25, 0.3) is 6.08 Å². The fraction of sp³-hybridized carbons (Fsp3) is 0.182. The molecule has 1 rings (SSSR count). The SMILES string of the molecule is COc1cccc(/C=C(\C)C=O)c1. The second-order valence-corrected chi connectivity index (χ2v) is 2.78. The van der Waals surface area contributed by atoms with E-state index in [1.807, 2.05) is 30.3 Å². The van der Waals surface area contributed by atoms with Gasteiger partial charge in [-0.2, -0.15) is 0 Å². The van der Waals surface area contributed by atoms with Crippen LogP contribution in [-0.4, -0.2) is 13.4 Å². The second kappa shape index (κ2) is 4.45. The van der Waals surface area contributed by atoms with E-state index in [1.54, 1.807) is 14.0 Å². The summed E-state index contributed by atoms with van der Waals surface area (Å²) in [4.78, 5) is 10.4. The van der Waals surface area contributed by atoms with E-state index in [1.165, 1.54) is 0 Å². The molecule has 0 heterocycles. The molecule has 0 aliphatic heterocycles. The van der Waals surface area contributed by atoms with Crippen LogP contribution in [0.2, 0.25) is 0 Å². The molecule has 0 saturated carbocycles. The lowest BCUT2D eigenvalue weighted by molar-refractivity contribution is -0.104. The molecule has 0 bridgehead atoms. The maximum atomic E-state index is 10.4. The maximum Gasteiger partial charge on any atom is 0.145 e. The summed E-state index contributed by atoms with van der Waals surface area (Å²) in [5, 5.41) is 0. The van der Waals surface area contributed by atoms with Crippen molar-refractivity contribution in [3.63, 3.8) is 0 Å². The second-order valence-electron chi connectivity index (χ2n) is 2.78. The number of carbonyl (C=O) groups excluding carboxylic acids is 1. The highest BCUT2D eigenvalue weighted by Crippen LogP contribution is 2.14. The first-order valence-corrected chi connectivity index (χ1v) is 4.04. The molecule has 1 aromatic rings. The van der Waals surface area contributed by atoms with Crippen molar-refractivity contribution >= 4 is 12.4 Å². The lowest BCUT2D eigenvalue weighted by atomic mass is 10.1. The van der Waals surface area contributed by atoms with E-state index >= 15 is 0 Å². The Morgan fingerprint density at radius 1 is 1.46 bits per heavy atom. The molecular weight excluding hydrogens is 164 g/mol. The molecule has 1 aromatic carbocycles. The van der Waals surface area contributed by atoms with Crippen LogP contribution in [0.3, 0.4) is 0 Å². The third-order valence-corrected chi connectivity index (χ3v) is 1.67. The van der Waals surface area contributed by atoms with Crippen molar-refractivity contribution in [1.82, 2.24) is 0 Å². The Morgan fingerprint density at radius 3 is 2.85 bits per heavy atom. The summed E-state index contributed by atoms with van der Waals surface area (Å²) in [6.45, 7) is 1.77. The van der Waals surface area contributed by atoms with E-state index in [2.05, 4.69) is 0 Å². The van der Waals surface area contributed by atoms with Gasteiger partial charge in [0.15, 0.2) is 0 Å². The lowest BCUT2D eigenvalue weighted by Gasteiger charge is -2.00. The normalized spacial score (nSPS) is 11.1. The minimum absolute atomic E-state index is 0.702. The van der Waals surface area contributed by atoms with Gasteiger partial charge in [0.25, 0.3) is 0 Å². The summed E-state index contributed by atoms with van der Waals surface area (Å²) in [6.07, 6.45) is 2.65. The number of rotatable bonds is 3. The van der Waals surface area contributed by atoms with Crippen molar-refractivity contribution in [2.24, 2.45) is 0 Å². The molecule has 2 heteroatoms. The van der Waals surface area contributed by atoms with Crippen molar-refractivity contribution in [1.29, 1.82) is 0 Å². The van der Waals surface area contributed by atoms with E-state index in [-0.39, 0.29) is 0 Å². The summed E-state index contributed by atoms with van der Waals surface area (Å²) in [5.41, 5.74) is 1.68. The molecule has 0 saturated heterocycles. The average molecular weight is 176 g/mol. The summed E-state index contributed by atoms with van der Waals surface area (Å²) in [6, 6.07) is 7.57. The zero-order valence-electron chi connectivity index (χ0n) is 7.78. The smallest absolute Gasteiger partial charge is 0.145 e. The molecule has 0 N–H and O–H groups in total. The highest BCUT2D eigenvalue weighted by atomic mass is 16.5. The van der Waals surface area contributed by atoms with Crippen LogP contribution in [0.5, 0.6) is 5.75 Å². The molecule has 0 fully saturated rings. The molecule has 0 aliphatic carbocycles. The quantitative estimate of drug-likeness (QED) is 0.521. The molecule has 0 unspecified atom stereocenters. The van der Waals surface area contributed by atoms with Gasteiger partial charge in [-0.05, 0) is 36.3 Å². The van der Waals surface area contributed by atoms with Gasteiger partial charge in [-0.25, -0.2) is 0 Å². The van der Waals surface area contributed by atoms with Crippen LogP contribution in [0.1, 0.15) is 12.5 Å². The number of aldehydes is 1. The fourth-order valence-electron chi connectivity index (χ4n) is 1.03. The van der Waals surface area contributed by atoms with E-state index in [0.717, 1.165) is 17.6 Å². The first-order valence-electron chi connectivity index (χ1n) is 4.04. The van der Waals surface area contributed by atoms with Crippen LogP contribution >= 0.6 is 0 Å². The Balaban J connectivity index is 2.95. The van der Waals surface area contributed by atoms with Crippen LogP contribution < -0.4 is 4.74 Å². The van der Waals surface area contributed by atoms with Gasteiger partial charge in [-0.15, -0.1) is 0 Å². The van der Waals surface area contributed by atoms with Gasteiger partial charge in [0.05, 0.1) is 7.11 Å². The van der Waals surface area contributed by atoms with Crippen LogP contribution in [0.4, 0.5) is 0 Å². The van der Waals surface area contributed by atoms with Crippen molar-refractivity contribution in [2.75, 3.05) is 7.11 Å². The molecule has 0 spiro atoms. The maximum absolute atomic E-state index is 10.4. The third-order valence-electron chi connectivity index (χ3n) is 1.67. The van der Waals surface area contributed by atoms with Crippen molar-refractivity contribution in [3.05, 3.63) is 35.4 Å². The van der Waals surface area contributed by atoms with Gasteiger partial charge >= 0.3 is 0 Å². The largest absolute Gasteiger partial charge is 0.497 e. The van der Waals surface area contributed by atoms with Crippen LogP contribution in [0.15, 0.2) is 29.8 Å². The molecule has 0 atom stereocenters. The molecule has 68 valence electrons. The minimum Gasteiger partial charge on any atom is -0.497 e. The Labute approximate surface area is 77.8 Å². The van der Waals surface area contributed by atoms with Gasteiger partial charge < -0.3 is 4.74 Å². The average Bonchev–Trinajstić information content (AvgIpc) is 2.18. The summed E-state index contributed by atoms with van der Waals surface area (Å²) in [5.74, 6) is 0.799. The zero-order valence-corrected chi connectivity index (χ0v) is 7.78. The zero-order chi connectivity index (χ0) is 9.68. The number of carbonyl (C=O) groups is 1. The molecular formula is C11H12O2. The first-order chi connectivity index (χ1) is 6.26. The highest BCUT2D eigenvalue weighted by Gasteiger charge is 1.92. The Morgan fingerprint density at radius 2 is 2.23 bits per heavy atom. The predicted octanol–water partition coefficient (Wildman–Crippen LogP) is 2.30. The third kappa shape index (κ3) is 2.75. The molecule has 0 amide bonds. The van der Waals surface area contributed by atoms with E-state index in [9.17, 15) is 4.79 Å². The predicted molar refractivity (Wildman–Crippen MR) is 52.7 cm³/mol. The summed E-state index contributed by atoms with van der Waals surface area (Å²) in [7, 11) is 1.62. The molecule has 0 aliphatic rings. The van der Waals surface area contributed by atoms with Gasteiger partial charge in [0.2, 0.25) is 0 Å². The monoisotopic (exact) mass is 176 g/mol. The molecule has 13 heavy (non-hydrogen) atoms. The van der Waals surface area contributed by atoms with Gasteiger partial charge in [0, 0.05) is 0 Å². The molecule has 2 nitrogen and oxygen atoms in total. The van der Waals surface area contributed by atoms with Crippen molar-refractivity contribution in [2.45, 2.75) is 6.92 Å². The number of methoxy groups -OCH3 is 1. The minimum atomic E-state index is 0.702. The van der Waals surface area contributed by atoms with E-state index in [4.69, 9.17) is 4.74 Å². The van der Waals surface area contributed by atoms with Crippen LogP contribution in [-0.2, 0) is 4.79 Å². The first kappa shape index (κ1) is 9.52. The Hall–Kier alpha value is -1.57. The highest BCUT2D eigenvalue weighted by molar-refractivity contribution is 5.80.